The van der Waals surface area contributed by atoms with E-state index in [2.05, 4.69) is 10.3 Å². The highest BCUT2D eigenvalue weighted by atomic mass is 32.2. The summed E-state index contributed by atoms with van der Waals surface area (Å²) in [5.74, 6) is -0.318. The highest BCUT2D eigenvalue weighted by Gasteiger charge is 2.32. The van der Waals surface area contributed by atoms with Crippen LogP contribution in [0.4, 0.5) is 5.13 Å². The number of sulfonamides is 1. The number of anilines is 1. The minimum Gasteiger partial charge on any atom is -0.373 e. The molecule has 1 fully saturated rings. The summed E-state index contributed by atoms with van der Waals surface area (Å²) in [6.45, 7) is 8.17. The van der Waals surface area contributed by atoms with Crippen molar-refractivity contribution in [1.29, 1.82) is 0 Å². The molecule has 0 saturated carbocycles. The molecule has 1 N–H and O–H groups in total. The molecule has 1 aliphatic rings. The summed E-state index contributed by atoms with van der Waals surface area (Å²) in [4.78, 5) is 17.9. The van der Waals surface area contributed by atoms with Gasteiger partial charge in [-0.2, -0.15) is 4.31 Å². The molecule has 2 aromatic rings. The Morgan fingerprint density at radius 3 is 2.30 bits per heavy atom. The van der Waals surface area contributed by atoms with Crippen molar-refractivity contribution in [3.8, 4) is 0 Å². The van der Waals surface area contributed by atoms with Crippen molar-refractivity contribution in [3.63, 3.8) is 0 Å². The normalized spacial score (nSPS) is 21.2. The predicted octanol–water partition coefficient (Wildman–Crippen LogP) is 2.81. The molecule has 0 radical (unpaired) electrons. The second-order valence-electron chi connectivity index (χ2n) is 6.72. The summed E-state index contributed by atoms with van der Waals surface area (Å²) in [7, 11) is -3.62. The van der Waals surface area contributed by atoms with Gasteiger partial charge in [0.05, 0.1) is 22.8 Å². The number of morpholine rings is 1. The number of carbonyl (C=O) groups excluding carboxylic acids is 1. The van der Waals surface area contributed by atoms with Crippen LogP contribution in [0.5, 0.6) is 0 Å². The second-order valence-corrected chi connectivity index (χ2v) is 9.86. The van der Waals surface area contributed by atoms with Crippen LogP contribution in [0.15, 0.2) is 29.2 Å². The lowest BCUT2D eigenvalue weighted by atomic mass is 10.2. The van der Waals surface area contributed by atoms with E-state index < -0.39 is 10.0 Å². The lowest BCUT2D eigenvalue weighted by molar-refractivity contribution is -0.0440. The van der Waals surface area contributed by atoms with Gasteiger partial charge in [0.25, 0.3) is 5.91 Å². The molecule has 9 heteroatoms. The average Bonchev–Trinajstić information content (AvgIpc) is 2.91. The standard InChI is InChI=1S/C18H23N3O4S2/c1-11-9-21(10-12(2)25-11)27(23,24)16-7-5-15(6-8-16)17(22)20-18-19-13(3)14(4)26-18/h5-8,11-12H,9-10H2,1-4H3,(H,19,20,22)/t11-,12+. The van der Waals surface area contributed by atoms with E-state index in [1.54, 1.807) is 0 Å². The van der Waals surface area contributed by atoms with Crippen LogP contribution in [0.2, 0.25) is 0 Å². The van der Waals surface area contributed by atoms with Crippen molar-refractivity contribution in [3.05, 3.63) is 40.4 Å². The van der Waals surface area contributed by atoms with Gasteiger partial charge in [-0.25, -0.2) is 13.4 Å². The summed E-state index contributed by atoms with van der Waals surface area (Å²) in [5.41, 5.74) is 1.26. The van der Waals surface area contributed by atoms with E-state index in [1.807, 2.05) is 27.7 Å². The zero-order valence-corrected chi connectivity index (χ0v) is 17.4. The smallest absolute Gasteiger partial charge is 0.257 e. The quantitative estimate of drug-likeness (QED) is 0.839. The number of rotatable bonds is 4. The molecule has 7 nitrogen and oxygen atoms in total. The third kappa shape index (κ3) is 4.37. The van der Waals surface area contributed by atoms with Gasteiger partial charge in [0, 0.05) is 23.5 Å². The van der Waals surface area contributed by atoms with Crippen molar-refractivity contribution < 1.29 is 17.9 Å². The van der Waals surface area contributed by atoms with Gasteiger partial charge in [-0.05, 0) is 52.0 Å². The van der Waals surface area contributed by atoms with Gasteiger partial charge in [-0.1, -0.05) is 0 Å². The monoisotopic (exact) mass is 409 g/mol. The number of hydrogen-bond acceptors (Lipinski definition) is 6. The highest BCUT2D eigenvalue weighted by molar-refractivity contribution is 7.89. The van der Waals surface area contributed by atoms with Gasteiger partial charge in [0.1, 0.15) is 0 Å². The number of aromatic nitrogens is 1. The SMILES string of the molecule is Cc1nc(NC(=O)c2ccc(S(=O)(=O)N3C[C@@H](C)O[C@@H](C)C3)cc2)sc1C. The third-order valence-electron chi connectivity index (χ3n) is 4.39. The van der Waals surface area contributed by atoms with Crippen LogP contribution >= 0.6 is 11.3 Å². The van der Waals surface area contributed by atoms with Crippen LogP contribution in [0.3, 0.4) is 0 Å². The van der Waals surface area contributed by atoms with E-state index in [-0.39, 0.29) is 23.0 Å². The van der Waals surface area contributed by atoms with Crippen molar-refractivity contribution in [2.24, 2.45) is 0 Å². The second kappa shape index (κ2) is 7.67. The van der Waals surface area contributed by atoms with E-state index in [9.17, 15) is 13.2 Å². The third-order valence-corrected chi connectivity index (χ3v) is 7.22. The van der Waals surface area contributed by atoms with Crippen LogP contribution in [0, 0.1) is 13.8 Å². The number of benzene rings is 1. The molecular weight excluding hydrogens is 386 g/mol. The van der Waals surface area contributed by atoms with Crippen LogP contribution < -0.4 is 5.32 Å². The average molecular weight is 410 g/mol. The first-order chi connectivity index (χ1) is 12.7. The fraction of sp³-hybridized carbons (Fsp3) is 0.444. The number of nitrogens with one attached hydrogen (secondary N) is 1. The molecule has 2 heterocycles. The van der Waals surface area contributed by atoms with Crippen LogP contribution in [-0.2, 0) is 14.8 Å². The molecule has 27 heavy (non-hydrogen) atoms. The van der Waals surface area contributed by atoms with E-state index in [0.29, 0.717) is 23.8 Å². The number of carbonyl (C=O) groups is 1. The zero-order chi connectivity index (χ0) is 19.8. The number of ether oxygens (including phenoxy) is 1. The first kappa shape index (κ1) is 19.9. The molecule has 2 atom stereocenters. The molecule has 0 unspecified atom stereocenters. The summed E-state index contributed by atoms with van der Waals surface area (Å²) in [6, 6.07) is 5.96. The molecule has 1 aromatic heterocycles. The van der Waals surface area contributed by atoms with E-state index in [4.69, 9.17) is 4.74 Å². The molecule has 0 spiro atoms. The topological polar surface area (TPSA) is 88.6 Å². The highest BCUT2D eigenvalue weighted by Crippen LogP contribution is 2.23. The maximum absolute atomic E-state index is 12.9. The van der Waals surface area contributed by atoms with Gasteiger partial charge in [-0.3, -0.25) is 10.1 Å². The largest absolute Gasteiger partial charge is 0.373 e. The maximum atomic E-state index is 12.9. The van der Waals surface area contributed by atoms with Crippen molar-refractivity contribution >= 4 is 32.4 Å². The Morgan fingerprint density at radius 1 is 1.19 bits per heavy atom. The fourth-order valence-corrected chi connectivity index (χ4v) is 5.35. The lowest BCUT2D eigenvalue weighted by Crippen LogP contribution is -2.48. The number of nitrogens with zero attached hydrogens (tertiary/aromatic N) is 2. The van der Waals surface area contributed by atoms with Crippen LogP contribution in [0.1, 0.15) is 34.8 Å². The summed E-state index contributed by atoms with van der Waals surface area (Å²) < 4.78 is 32.7. The molecule has 1 aliphatic heterocycles. The Bertz CT molecular complexity index is 909. The molecule has 146 valence electrons. The van der Waals surface area contributed by atoms with Crippen molar-refractivity contribution in [2.75, 3.05) is 18.4 Å². The predicted molar refractivity (Wildman–Crippen MR) is 105 cm³/mol. The molecular formula is C18H23N3O4S2. The molecule has 1 saturated heterocycles. The molecule has 0 aliphatic carbocycles. The lowest BCUT2D eigenvalue weighted by Gasteiger charge is -2.34. The van der Waals surface area contributed by atoms with Gasteiger partial charge in [-0.15, -0.1) is 11.3 Å². The Morgan fingerprint density at radius 2 is 1.78 bits per heavy atom. The number of amides is 1. The number of hydrogen-bond donors (Lipinski definition) is 1. The van der Waals surface area contributed by atoms with Gasteiger partial charge in [0.15, 0.2) is 5.13 Å². The zero-order valence-electron chi connectivity index (χ0n) is 15.7. The summed E-state index contributed by atoms with van der Waals surface area (Å²) >= 11 is 1.41. The summed E-state index contributed by atoms with van der Waals surface area (Å²) in [5, 5.41) is 3.28. The number of aryl methyl sites for hydroxylation is 2. The minimum atomic E-state index is -3.62. The van der Waals surface area contributed by atoms with Gasteiger partial charge in [0.2, 0.25) is 10.0 Å². The maximum Gasteiger partial charge on any atom is 0.257 e. The van der Waals surface area contributed by atoms with Crippen molar-refractivity contribution in [1.82, 2.24) is 9.29 Å². The van der Waals surface area contributed by atoms with E-state index >= 15 is 0 Å². The van der Waals surface area contributed by atoms with E-state index in [0.717, 1.165) is 10.6 Å². The first-order valence-electron chi connectivity index (χ1n) is 8.68. The van der Waals surface area contributed by atoms with Crippen LogP contribution in [-0.4, -0.2) is 48.9 Å². The Balaban J connectivity index is 1.75. The first-order valence-corrected chi connectivity index (χ1v) is 10.9. The fourth-order valence-electron chi connectivity index (χ4n) is 2.95. The van der Waals surface area contributed by atoms with Gasteiger partial charge < -0.3 is 4.74 Å². The Hall–Kier alpha value is -1.81. The van der Waals surface area contributed by atoms with Crippen LogP contribution in [0.25, 0.3) is 0 Å². The number of thiazole rings is 1. The summed E-state index contributed by atoms with van der Waals surface area (Å²) in [6.07, 6.45) is -0.308. The van der Waals surface area contributed by atoms with E-state index in [1.165, 1.54) is 39.9 Å². The molecule has 3 rings (SSSR count). The molecule has 1 amide bonds. The van der Waals surface area contributed by atoms with Crippen molar-refractivity contribution in [2.45, 2.75) is 44.8 Å². The van der Waals surface area contributed by atoms with Gasteiger partial charge >= 0.3 is 0 Å². The molecule has 0 bridgehead atoms. The Kier molecular flexibility index (Phi) is 5.66. The molecule has 1 aromatic carbocycles. The minimum absolute atomic E-state index is 0.154. The Labute approximate surface area is 163 Å².